The number of aliphatic imine (C=N–C) groups is 1. The lowest BCUT2D eigenvalue weighted by Gasteiger charge is -2.21. The van der Waals surface area contributed by atoms with Crippen molar-refractivity contribution in [2.75, 3.05) is 39.6 Å². The van der Waals surface area contributed by atoms with E-state index in [0.29, 0.717) is 38.6 Å². The van der Waals surface area contributed by atoms with Gasteiger partial charge in [0.05, 0.1) is 19.8 Å². The van der Waals surface area contributed by atoms with Gasteiger partial charge in [0.25, 0.3) is 0 Å². The molecule has 0 radical (unpaired) electrons. The van der Waals surface area contributed by atoms with E-state index in [1.807, 2.05) is 6.92 Å². The highest BCUT2D eigenvalue weighted by Gasteiger charge is 2.16. The van der Waals surface area contributed by atoms with Crippen LogP contribution in [0.15, 0.2) is 17.1 Å². The van der Waals surface area contributed by atoms with Crippen LogP contribution in [-0.4, -0.2) is 45.6 Å². The summed E-state index contributed by atoms with van der Waals surface area (Å²) in [4.78, 5) is 4.51. The van der Waals surface area contributed by atoms with Gasteiger partial charge in [-0.25, -0.2) is 4.39 Å². The van der Waals surface area contributed by atoms with E-state index in [4.69, 9.17) is 14.2 Å². The molecule has 1 aliphatic heterocycles. The molecule has 0 aromatic heterocycles. The van der Waals surface area contributed by atoms with Gasteiger partial charge in [-0.15, -0.1) is 0 Å². The Kier molecular flexibility index (Phi) is 9.35. The van der Waals surface area contributed by atoms with Crippen LogP contribution < -0.4 is 15.4 Å². The van der Waals surface area contributed by atoms with E-state index in [1.54, 1.807) is 0 Å². The number of guanidine groups is 1. The fourth-order valence-corrected chi connectivity index (χ4v) is 2.74. The first-order valence-electron chi connectivity index (χ1n) is 9.72. The van der Waals surface area contributed by atoms with Gasteiger partial charge < -0.3 is 24.8 Å². The molecular formula is C20H32FN3O3. The lowest BCUT2D eigenvalue weighted by molar-refractivity contribution is -0.0172. The van der Waals surface area contributed by atoms with Crippen LogP contribution in [0.5, 0.6) is 5.75 Å². The zero-order valence-corrected chi connectivity index (χ0v) is 16.6. The van der Waals surface area contributed by atoms with Crippen molar-refractivity contribution in [2.45, 2.75) is 40.2 Å². The molecule has 0 unspecified atom stereocenters. The molecule has 152 valence electrons. The minimum atomic E-state index is -0.267. The molecule has 0 atom stereocenters. The Bertz CT molecular complexity index is 608. The SMILES string of the molecule is CCNC(=NCCOCCC(C)C)NCCc1cc(F)cc2c1OCOC2. The number of nitrogens with zero attached hydrogens (tertiary/aromatic N) is 1. The van der Waals surface area contributed by atoms with Gasteiger partial charge in [-0.1, -0.05) is 13.8 Å². The number of fused-ring (bicyclic) bond motifs is 1. The van der Waals surface area contributed by atoms with Crippen LogP contribution in [0.4, 0.5) is 4.39 Å². The van der Waals surface area contributed by atoms with Crippen LogP contribution in [-0.2, 0) is 22.5 Å². The average Bonchev–Trinajstić information content (AvgIpc) is 2.64. The summed E-state index contributed by atoms with van der Waals surface area (Å²) in [6, 6.07) is 2.99. The van der Waals surface area contributed by atoms with Crippen molar-refractivity contribution in [3.63, 3.8) is 0 Å². The van der Waals surface area contributed by atoms with Crippen molar-refractivity contribution in [1.82, 2.24) is 10.6 Å². The second kappa shape index (κ2) is 11.8. The molecule has 1 heterocycles. The third kappa shape index (κ3) is 7.72. The zero-order chi connectivity index (χ0) is 19.5. The molecule has 0 aliphatic carbocycles. The second-order valence-corrected chi connectivity index (χ2v) is 6.90. The van der Waals surface area contributed by atoms with Gasteiger partial charge >= 0.3 is 0 Å². The Hall–Kier alpha value is -1.86. The van der Waals surface area contributed by atoms with E-state index in [0.717, 1.165) is 42.4 Å². The average molecular weight is 381 g/mol. The summed E-state index contributed by atoms with van der Waals surface area (Å²) in [5.41, 5.74) is 1.60. The van der Waals surface area contributed by atoms with Crippen LogP contribution >= 0.6 is 0 Å². The van der Waals surface area contributed by atoms with Gasteiger partial charge in [0.2, 0.25) is 0 Å². The fourth-order valence-electron chi connectivity index (χ4n) is 2.74. The van der Waals surface area contributed by atoms with E-state index in [1.165, 1.54) is 12.1 Å². The Morgan fingerprint density at radius 1 is 1.30 bits per heavy atom. The van der Waals surface area contributed by atoms with Crippen molar-refractivity contribution >= 4 is 5.96 Å². The maximum Gasteiger partial charge on any atom is 0.191 e. The number of hydrogen-bond donors (Lipinski definition) is 2. The van der Waals surface area contributed by atoms with Crippen molar-refractivity contribution < 1.29 is 18.6 Å². The largest absolute Gasteiger partial charge is 0.467 e. The number of halogens is 1. The summed E-state index contributed by atoms with van der Waals surface area (Å²) < 4.78 is 30.2. The molecule has 1 aliphatic rings. The molecule has 0 saturated heterocycles. The first-order valence-corrected chi connectivity index (χ1v) is 9.72. The minimum Gasteiger partial charge on any atom is -0.467 e. The molecule has 2 N–H and O–H groups in total. The molecule has 6 nitrogen and oxygen atoms in total. The standard InChI is InChI=1S/C20H32FN3O3/c1-4-22-20(24-8-10-25-9-6-15(2)3)23-7-5-16-11-18(21)12-17-13-26-14-27-19(16)17/h11-12,15H,4-10,13-14H2,1-3H3,(H2,22,23,24). The predicted octanol–water partition coefficient (Wildman–Crippen LogP) is 2.85. The normalized spacial score (nSPS) is 14.0. The van der Waals surface area contributed by atoms with Gasteiger partial charge in [-0.3, -0.25) is 4.99 Å². The molecule has 7 heteroatoms. The maximum absolute atomic E-state index is 13.8. The minimum absolute atomic E-state index is 0.208. The number of hydrogen-bond acceptors (Lipinski definition) is 4. The van der Waals surface area contributed by atoms with Crippen LogP contribution in [0, 0.1) is 11.7 Å². The molecule has 0 spiro atoms. The fraction of sp³-hybridized carbons (Fsp3) is 0.650. The van der Waals surface area contributed by atoms with Crippen molar-refractivity contribution in [2.24, 2.45) is 10.9 Å². The van der Waals surface area contributed by atoms with Gasteiger partial charge in [-0.05, 0) is 43.4 Å². The Labute approximate surface area is 161 Å². The van der Waals surface area contributed by atoms with Crippen LogP contribution in [0.25, 0.3) is 0 Å². The molecule has 1 aromatic rings. The highest BCUT2D eigenvalue weighted by Crippen LogP contribution is 2.29. The monoisotopic (exact) mass is 381 g/mol. The van der Waals surface area contributed by atoms with Crippen molar-refractivity contribution in [3.05, 3.63) is 29.1 Å². The van der Waals surface area contributed by atoms with Crippen molar-refractivity contribution in [3.8, 4) is 5.75 Å². The lowest BCUT2D eigenvalue weighted by Crippen LogP contribution is -2.38. The van der Waals surface area contributed by atoms with Gasteiger partial charge in [0.1, 0.15) is 11.6 Å². The number of benzene rings is 1. The Morgan fingerprint density at radius 2 is 2.15 bits per heavy atom. The molecule has 0 fully saturated rings. The van der Waals surface area contributed by atoms with Crippen LogP contribution in [0.2, 0.25) is 0 Å². The summed E-state index contributed by atoms with van der Waals surface area (Å²) in [5, 5.41) is 6.49. The van der Waals surface area contributed by atoms with E-state index in [-0.39, 0.29) is 12.6 Å². The van der Waals surface area contributed by atoms with Gasteiger partial charge in [0, 0.05) is 25.3 Å². The molecule has 0 saturated carbocycles. The summed E-state index contributed by atoms with van der Waals surface area (Å²) in [6.07, 6.45) is 1.70. The third-order valence-electron chi connectivity index (χ3n) is 4.13. The molecule has 27 heavy (non-hydrogen) atoms. The molecule has 0 bridgehead atoms. The second-order valence-electron chi connectivity index (χ2n) is 6.90. The predicted molar refractivity (Wildman–Crippen MR) is 105 cm³/mol. The number of nitrogens with one attached hydrogen (secondary N) is 2. The van der Waals surface area contributed by atoms with E-state index in [2.05, 4.69) is 29.5 Å². The number of ether oxygens (including phenoxy) is 3. The first-order chi connectivity index (χ1) is 13.1. The van der Waals surface area contributed by atoms with E-state index >= 15 is 0 Å². The summed E-state index contributed by atoms with van der Waals surface area (Å²) in [6.45, 7) is 10.4. The van der Waals surface area contributed by atoms with Gasteiger partial charge in [0.15, 0.2) is 12.8 Å². The smallest absolute Gasteiger partial charge is 0.191 e. The van der Waals surface area contributed by atoms with E-state index < -0.39 is 0 Å². The lowest BCUT2D eigenvalue weighted by atomic mass is 10.1. The molecule has 1 aromatic carbocycles. The zero-order valence-electron chi connectivity index (χ0n) is 16.6. The van der Waals surface area contributed by atoms with Crippen LogP contribution in [0.1, 0.15) is 38.3 Å². The Morgan fingerprint density at radius 3 is 2.93 bits per heavy atom. The summed E-state index contributed by atoms with van der Waals surface area (Å²) in [5.74, 6) is 1.86. The molecule has 2 rings (SSSR count). The maximum atomic E-state index is 13.8. The topological polar surface area (TPSA) is 64.1 Å². The van der Waals surface area contributed by atoms with Crippen LogP contribution in [0.3, 0.4) is 0 Å². The highest BCUT2D eigenvalue weighted by atomic mass is 19.1. The summed E-state index contributed by atoms with van der Waals surface area (Å²) in [7, 11) is 0. The molecule has 0 amide bonds. The highest BCUT2D eigenvalue weighted by molar-refractivity contribution is 5.79. The first kappa shape index (κ1) is 21.4. The Balaban J connectivity index is 1.80. The quantitative estimate of drug-likeness (QED) is 0.371. The van der Waals surface area contributed by atoms with E-state index in [9.17, 15) is 4.39 Å². The molecular weight excluding hydrogens is 349 g/mol. The third-order valence-corrected chi connectivity index (χ3v) is 4.13. The van der Waals surface area contributed by atoms with Crippen molar-refractivity contribution in [1.29, 1.82) is 0 Å². The number of rotatable bonds is 10. The van der Waals surface area contributed by atoms with Gasteiger partial charge in [-0.2, -0.15) is 0 Å². The summed E-state index contributed by atoms with van der Waals surface area (Å²) >= 11 is 0.